The topological polar surface area (TPSA) is 79.2 Å². The van der Waals surface area contributed by atoms with Crippen molar-refractivity contribution in [1.82, 2.24) is 0 Å². The van der Waals surface area contributed by atoms with Gasteiger partial charge in [0, 0.05) is 0 Å². The van der Waals surface area contributed by atoms with Crippen LogP contribution in [0.1, 0.15) is 53.9 Å². The van der Waals surface area contributed by atoms with E-state index >= 15 is 0 Å². The van der Waals surface area contributed by atoms with E-state index in [2.05, 4.69) is 46.1 Å². The number of hydrogen-bond donors (Lipinski definition) is 3. The first-order chi connectivity index (χ1) is 13.9. The molecule has 30 heavy (non-hydrogen) atoms. The molecule has 5 nitrogen and oxygen atoms in total. The molecule has 1 aliphatic heterocycles. The molecule has 1 heterocycles. The van der Waals surface area contributed by atoms with Crippen molar-refractivity contribution in [3.8, 4) is 0 Å². The lowest BCUT2D eigenvalue weighted by atomic mass is 9.61. The van der Waals surface area contributed by atoms with E-state index in [1.54, 1.807) is 0 Å². The summed E-state index contributed by atoms with van der Waals surface area (Å²) in [6, 6.07) is 0. The summed E-state index contributed by atoms with van der Waals surface area (Å²) < 4.78 is 11.2. The Balaban J connectivity index is 2.00. The monoisotopic (exact) mass is 420 g/mol. The van der Waals surface area contributed by atoms with Crippen LogP contribution in [-0.4, -0.2) is 52.1 Å². The second kappa shape index (κ2) is 9.92. The molecule has 1 saturated carbocycles. The summed E-state index contributed by atoms with van der Waals surface area (Å²) in [5, 5.41) is 29.5. The highest BCUT2D eigenvalue weighted by atomic mass is 16.7. The van der Waals surface area contributed by atoms with Gasteiger partial charge in [0.2, 0.25) is 0 Å². The fraction of sp³-hybridized carbons (Fsp3) is 0.680. The van der Waals surface area contributed by atoms with Gasteiger partial charge >= 0.3 is 0 Å². The average molecular weight is 421 g/mol. The zero-order valence-corrected chi connectivity index (χ0v) is 19.2. The summed E-state index contributed by atoms with van der Waals surface area (Å²) in [4.78, 5) is 0. The van der Waals surface area contributed by atoms with Gasteiger partial charge in [-0.25, -0.2) is 0 Å². The SMILES string of the molecule is C=C[C@@]1(C)CC[C@H](/C(C)=C/C=C/C(C)(C)OC2OC[C@@H](O)[C@@H](O)[C@@H]2O)C[C@@H]1C(=C)C. The summed E-state index contributed by atoms with van der Waals surface area (Å²) in [5.74, 6) is 0.945. The molecule has 1 unspecified atom stereocenters. The summed E-state index contributed by atoms with van der Waals surface area (Å²) in [7, 11) is 0. The van der Waals surface area contributed by atoms with E-state index in [0.717, 1.165) is 19.3 Å². The van der Waals surface area contributed by atoms with E-state index in [1.165, 1.54) is 11.1 Å². The van der Waals surface area contributed by atoms with Crippen molar-refractivity contribution in [2.24, 2.45) is 17.3 Å². The van der Waals surface area contributed by atoms with Crippen LogP contribution in [0.4, 0.5) is 0 Å². The van der Waals surface area contributed by atoms with Crippen molar-refractivity contribution in [1.29, 1.82) is 0 Å². The first-order valence-electron chi connectivity index (χ1n) is 10.9. The molecule has 0 amide bonds. The van der Waals surface area contributed by atoms with Crippen molar-refractivity contribution < 1.29 is 24.8 Å². The Hall–Kier alpha value is -1.24. The Labute approximate surface area is 181 Å². The minimum Gasteiger partial charge on any atom is -0.388 e. The maximum Gasteiger partial charge on any atom is 0.187 e. The van der Waals surface area contributed by atoms with E-state index in [4.69, 9.17) is 9.47 Å². The van der Waals surface area contributed by atoms with Gasteiger partial charge in [0.25, 0.3) is 0 Å². The third kappa shape index (κ3) is 5.92. The molecule has 2 fully saturated rings. The van der Waals surface area contributed by atoms with Gasteiger partial charge in [0.15, 0.2) is 6.29 Å². The van der Waals surface area contributed by atoms with E-state index in [-0.39, 0.29) is 12.0 Å². The normalized spacial score (nSPS) is 38.6. The quantitative estimate of drug-likeness (QED) is 0.430. The molecule has 1 saturated heterocycles. The number of hydrogen-bond acceptors (Lipinski definition) is 5. The van der Waals surface area contributed by atoms with Crippen LogP contribution in [0.5, 0.6) is 0 Å². The Morgan fingerprint density at radius 1 is 1.20 bits per heavy atom. The Morgan fingerprint density at radius 2 is 1.87 bits per heavy atom. The Morgan fingerprint density at radius 3 is 2.47 bits per heavy atom. The lowest BCUT2D eigenvalue weighted by Gasteiger charge is -2.43. The first-order valence-corrected chi connectivity index (χ1v) is 10.9. The number of ether oxygens (including phenoxy) is 2. The summed E-state index contributed by atoms with van der Waals surface area (Å²) in [6.45, 7) is 18.5. The fourth-order valence-electron chi connectivity index (χ4n) is 4.54. The molecule has 170 valence electrons. The number of allylic oxidation sites excluding steroid dienone is 5. The molecular weight excluding hydrogens is 380 g/mol. The Bertz CT molecular complexity index is 679. The van der Waals surface area contributed by atoms with Gasteiger partial charge in [-0.15, -0.1) is 6.58 Å². The van der Waals surface area contributed by atoms with Gasteiger partial charge in [0.05, 0.1) is 12.2 Å². The van der Waals surface area contributed by atoms with Gasteiger partial charge < -0.3 is 24.8 Å². The standard InChI is InChI=1S/C25H40O5/c1-8-25(7)13-11-18(14-19(25)16(2)3)17(4)10-9-12-24(5,6)30-23-22(28)21(27)20(26)15-29-23/h8-10,12,18-23,26-28H,1-2,11,13-15H2,3-7H3/b12-9+,17-10+/t18-,19+,20+,21+,22-,23?,25-/m0/s1. The molecule has 2 aliphatic rings. The average Bonchev–Trinajstić information content (AvgIpc) is 2.68. The van der Waals surface area contributed by atoms with Gasteiger partial charge in [-0.05, 0) is 64.2 Å². The molecule has 0 aromatic carbocycles. The molecule has 0 radical (unpaired) electrons. The molecule has 5 heteroatoms. The van der Waals surface area contributed by atoms with Crippen LogP contribution in [0.15, 0.2) is 48.6 Å². The molecule has 3 N–H and O–H groups in total. The highest BCUT2D eigenvalue weighted by Crippen LogP contribution is 2.48. The van der Waals surface area contributed by atoms with E-state index in [0.29, 0.717) is 11.8 Å². The number of rotatable bonds is 7. The lowest BCUT2D eigenvalue weighted by molar-refractivity contribution is -0.289. The summed E-state index contributed by atoms with van der Waals surface area (Å²) in [5.41, 5.74) is 1.96. The van der Waals surface area contributed by atoms with Crippen molar-refractivity contribution in [3.63, 3.8) is 0 Å². The first kappa shape index (κ1) is 25.0. The van der Waals surface area contributed by atoms with Crippen LogP contribution in [0.3, 0.4) is 0 Å². The maximum atomic E-state index is 10.1. The van der Waals surface area contributed by atoms with Crippen LogP contribution in [0.25, 0.3) is 0 Å². The molecule has 0 spiro atoms. The minimum atomic E-state index is -1.29. The largest absolute Gasteiger partial charge is 0.388 e. The van der Waals surface area contributed by atoms with Crippen LogP contribution < -0.4 is 0 Å². The van der Waals surface area contributed by atoms with E-state index in [9.17, 15) is 15.3 Å². The zero-order valence-electron chi connectivity index (χ0n) is 19.2. The predicted molar refractivity (Wildman–Crippen MR) is 120 cm³/mol. The van der Waals surface area contributed by atoms with Gasteiger partial charge in [-0.2, -0.15) is 0 Å². The summed E-state index contributed by atoms with van der Waals surface area (Å²) >= 11 is 0. The molecule has 0 bridgehead atoms. The highest BCUT2D eigenvalue weighted by Gasteiger charge is 2.40. The van der Waals surface area contributed by atoms with Crippen LogP contribution in [0.2, 0.25) is 0 Å². The van der Waals surface area contributed by atoms with Gasteiger partial charge in [-0.3, -0.25) is 0 Å². The lowest BCUT2D eigenvalue weighted by Crippen LogP contribution is -2.55. The van der Waals surface area contributed by atoms with Gasteiger partial charge in [-0.1, -0.05) is 49.0 Å². The van der Waals surface area contributed by atoms with Crippen LogP contribution >= 0.6 is 0 Å². The second-order valence-corrected chi connectivity index (χ2v) is 9.82. The maximum absolute atomic E-state index is 10.1. The summed E-state index contributed by atoms with van der Waals surface area (Å²) in [6.07, 6.45) is 6.76. The fourth-order valence-corrected chi connectivity index (χ4v) is 4.54. The second-order valence-electron chi connectivity index (χ2n) is 9.82. The molecular formula is C25H40O5. The third-order valence-corrected chi connectivity index (χ3v) is 6.78. The molecule has 7 atom stereocenters. The highest BCUT2D eigenvalue weighted by molar-refractivity contribution is 5.20. The molecule has 1 aliphatic carbocycles. The molecule has 0 aromatic rings. The molecule has 0 aromatic heterocycles. The Kier molecular flexibility index (Phi) is 8.28. The van der Waals surface area contributed by atoms with E-state index in [1.807, 2.05) is 26.0 Å². The molecule has 2 rings (SSSR count). The van der Waals surface area contributed by atoms with Crippen molar-refractivity contribution in [2.75, 3.05) is 6.61 Å². The predicted octanol–water partition coefficient (Wildman–Crippen LogP) is 3.91. The third-order valence-electron chi connectivity index (χ3n) is 6.78. The minimum absolute atomic E-state index is 0.0725. The van der Waals surface area contributed by atoms with E-state index < -0.39 is 30.2 Å². The van der Waals surface area contributed by atoms with Crippen molar-refractivity contribution in [2.45, 2.75) is 84.1 Å². The zero-order chi connectivity index (χ0) is 22.7. The number of aliphatic hydroxyl groups excluding tert-OH is 3. The van der Waals surface area contributed by atoms with Gasteiger partial charge in [0.1, 0.15) is 18.3 Å². The van der Waals surface area contributed by atoms with Crippen molar-refractivity contribution in [3.05, 3.63) is 48.6 Å². The van der Waals surface area contributed by atoms with Crippen LogP contribution in [-0.2, 0) is 9.47 Å². The van der Waals surface area contributed by atoms with Crippen molar-refractivity contribution >= 4 is 0 Å². The van der Waals surface area contributed by atoms with Crippen LogP contribution in [0, 0.1) is 17.3 Å². The smallest absolute Gasteiger partial charge is 0.187 e. The number of aliphatic hydroxyl groups is 3.